The number of aryl methyl sites for hydroxylation is 2. The highest BCUT2D eigenvalue weighted by molar-refractivity contribution is 5.83. The van der Waals surface area contributed by atoms with Gasteiger partial charge >= 0.3 is 0 Å². The number of anilines is 1. The molecular formula is C19H26FN3O2. The molecule has 0 bridgehead atoms. The summed E-state index contributed by atoms with van der Waals surface area (Å²) >= 11 is 0. The zero-order valence-corrected chi connectivity index (χ0v) is 15.5. The second kappa shape index (κ2) is 8.14. The molecule has 25 heavy (non-hydrogen) atoms. The second-order valence-electron chi connectivity index (χ2n) is 6.14. The quantitative estimate of drug-likeness (QED) is 0.830. The molecule has 1 aromatic carbocycles. The first-order valence-corrected chi connectivity index (χ1v) is 8.62. The van der Waals surface area contributed by atoms with Crippen molar-refractivity contribution < 1.29 is 13.7 Å². The van der Waals surface area contributed by atoms with Crippen LogP contribution in [-0.2, 0) is 11.3 Å². The van der Waals surface area contributed by atoms with Crippen molar-refractivity contribution in [1.29, 1.82) is 0 Å². The first-order valence-electron chi connectivity index (χ1n) is 8.62. The molecule has 2 rings (SSSR count). The number of carbonyl (C=O) groups is 1. The largest absolute Gasteiger partial charge is 0.370 e. The summed E-state index contributed by atoms with van der Waals surface area (Å²) in [6, 6.07) is 5.09. The Morgan fingerprint density at radius 3 is 2.52 bits per heavy atom. The van der Waals surface area contributed by atoms with E-state index in [-0.39, 0.29) is 24.2 Å². The lowest BCUT2D eigenvalue weighted by atomic mass is 9.98. The average Bonchev–Trinajstić information content (AvgIpc) is 2.93. The Morgan fingerprint density at radius 2 is 2.00 bits per heavy atom. The molecule has 1 heterocycles. The smallest absolute Gasteiger partial charge is 0.227 e. The zero-order valence-electron chi connectivity index (χ0n) is 15.5. The van der Waals surface area contributed by atoms with Gasteiger partial charge in [0.05, 0.1) is 17.3 Å². The molecule has 1 aromatic heterocycles. The molecule has 1 atom stereocenters. The van der Waals surface area contributed by atoms with Crippen LogP contribution in [0.3, 0.4) is 0 Å². The number of benzene rings is 1. The van der Waals surface area contributed by atoms with Gasteiger partial charge in [-0.3, -0.25) is 4.79 Å². The highest BCUT2D eigenvalue weighted by Gasteiger charge is 2.22. The van der Waals surface area contributed by atoms with Gasteiger partial charge < -0.3 is 14.7 Å². The molecule has 0 aliphatic heterocycles. The van der Waals surface area contributed by atoms with Gasteiger partial charge in [-0.15, -0.1) is 0 Å². The summed E-state index contributed by atoms with van der Waals surface area (Å²) in [5.41, 5.74) is 2.84. The fourth-order valence-electron chi connectivity index (χ4n) is 3.06. The summed E-state index contributed by atoms with van der Waals surface area (Å²) in [6.45, 7) is 11.2. The third-order valence-corrected chi connectivity index (χ3v) is 4.50. The van der Waals surface area contributed by atoms with Crippen LogP contribution in [0.15, 0.2) is 22.7 Å². The number of rotatable bonds is 7. The van der Waals surface area contributed by atoms with Crippen molar-refractivity contribution >= 4 is 11.6 Å². The van der Waals surface area contributed by atoms with Crippen LogP contribution in [-0.4, -0.2) is 24.2 Å². The molecular weight excluding hydrogens is 321 g/mol. The number of carbonyl (C=O) groups excluding carboxylic acids is 1. The van der Waals surface area contributed by atoms with Gasteiger partial charge in [0.25, 0.3) is 0 Å². The van der Waals surface area contributed by atoms with Crippen molar-refractivity contribution in [3.8, 4) is 0 Å². The van der Waals surface area contributed by atoms with Crippen molar-refractivity contribution in [2.75, 3.05) is 18.0 Å². The van der Waals surface area contributed by atoms with Crippen molar-refractivity contribution in [1.82, 2.24) is 10.5 Å². The number of halogens is 1. The van der Waals surface area contributed by atoms with Crippen LogP contribution in [0.2, 0.25) is 0 Å². The van der Waals surface area contributed by atoms with E-state index in [2.05, 4.69) is 10.5 Å². The van der Waals surface area contributed by atoms with E-state index < -0.39 is 0 Å². The van der Waals surface area contributed by atoms with E-state index in [9.17, 15) is 9.18 Å². The normalized spacial score (nSPS) is 12.1. The predicted octanol–water partition coefficient (Wildman–Crippen LogP) is 3.70. The van der Waals surface area contributed by atoms with E-state index in [1.54, 1.807) is 13.0 Å². The highest BCUT2D eigenvalue weighted by Crippen LogP contribution is 2.24. The Morgan fingerprint density at radius 1 is 1.32 bits per heavy atom. The minimum atomic E-state index is -0.369. The summed E-state index contributed by atoms with van der Waals surface area (Å²) < 4.78 is 19.4. The average molecular weight is 347 g/mol. The molecule has 136 valence electrons. The molecule has 0 saturated heterocycles. The van der Waals surface area contributed by atoms with Crippen LogP contribution >= 0.6 is 0 Å². The van der Waals surface area contributed by atoms with E-state index in [1.165, 1.54) is 6.07 Å². The molecule has 0 unspecified atom stereocenters. The number of hydrogen-bond donors (Lipinski definition) is 1. The van der Waals surface area contributed by atoms with Crippen LogP contribution in [0.4, 0.5) is 10.1 Å². The fraction of sp³-hybridized carbons (Fsp3) is 0.474. The van der Waals surface area contributed by atoms with Crippen LogP contribution in [0, 0.1) is 19.7 Å². The predicted molar refractivity (Wildman–Crippen MR) is 96.2 cm³/mol. The molecule has 6 heteroatoms. The Labute approximate surface area is 148 Å². The van der Waals surface area contributed by atoms with Gasteiger partial charge in [-0.25, -0.2) is 4.39 Å². The van der Waals surface area contributed by atoms with Crippen LogP contribution in [0.5, 0.6) is 0 Å². The molecule has 0 aliphatic carbocycles. The van der Waals surface area contributed by atoms with Crippen LogP contribution in [0.25, 0.3) is 0 Å². The molecule has 2 aromatic rings. The Kier molecular flexibility index (Phi) is 6.17. The Balaban J connectivity index is 2.03. The second-order valence-corrected chi connectivity index (χ2v) is 6.14. The summed E-state index contributed by atoms with van der Waals surface area (Å²) in [5.74, 6) is -0.127. The molecule has 1 amide bonds. The van der Waals surface area contributed by atoms with Gasteiger partial charge in [0.15, 0.2) is 0 Å². The third kappa shape index (κ3) is 4.18. The van der Waals surface area contributed by atoms with Crippen molar-refractivity contribution in [2.24, 2.45) is 0 Å². The van der Waals surface area contributed by atoms with Crippen molar-refractivity contribution in [3.05, 3.63) is 46.6 Å². The first-order chi connectivity index (χ1) is 11.9. The van der Waals surface area contributed by atoms with Gasteiger partial charge in [0.1, 0.15) is 11.6 Å². The molecule has 0 aliphatic rings. The number of nitrogens with one attached hydrogen (secondary N) is 1. The van der Waals surface area contributed by atoms with Crippen molar-refractivity contribution in [3.63, 3.8) is 0 Å². The lowest BCUT2D eigenvalue weighted by Crippen LogP contribution is -2.28. The van der Waals surface area contributed by atoms with Crippen LogP contribution < -0.4 is 10.2 Å². The van der Waals surface area contributed by atoms with Gasteiger partial charge in [-0.2, -0.15) is 0 Å². The maximum absolute atomic E-state index is 14.3. The lowest BCUT2D eigenvalue weighted by Gasteiger charge is -2.22. The Hall–Kier alpha value is -2.37. The van der Waals surface area contributed by atoms with E-state index in [0.717, 1.165) is 29.9 Å². The number of aromatic nitrogens is 1. The monoisotopic (exact) mass is 347 g/mol. The Bertz CT molecular complexity index is 719. The SMILES string of the molecule is CCN(CC)c1ccc(CNC(=O)[C@@H](C)c2c(C)noc2C)cc1F. The maximum Gasteiger partial charge on any atom is 0.227 e. The molecule has 0 saturated carbocycles. The fourth-order valence-corrected chi connectivity index (χ4v) is 3.06. The van der Waals surface area contributed by atoms with Gasteiger partial charge in [-0.05, 0) is 52.3 Å². The van der Waals surface area contributed by atoms with E-state index in [1.807, 2.05) is 38.7 Å². The van der Waals surface area contributed by atoms with Crippen molar-refractivity contribution in [2.45, 2.75) is 47.1 Å². The topological polar surface area (TPSA) is 58.4 Å². The number of amides is 1. The highest BCUT2D eigenvalue weighted by atomic mass is 19.1. The third-order valence-electron chi connectivity index (χ3n) is 4.50. The first kappa shape index (κ1) is 19.0. The van der Waals surface area contributed by atoms with Gasteiger partial charge in [0, 0.05) is 25.2 Å². The minimum Gasteiger partial charge on any atom is -0.370 e. The van der Waals surface area contributed by atoms with Gasteiger partial charge in [0.2, 0.25) is 5.91 Å². The summed E-state index contributed by atoms with van der Waals surface area (Å²) in [7, 11) is 0. The lowest BCUT2D eigenvalue weighted by molar-refractivity contribution is -0.122. The minimum absolute atomic E-state index is 0.136. The molecule has 0 radical (unpaired) electrons. The number of hydrogen-bond acceptors (Lipinski definition) is 4. The molecule has 1 N–H and O–H groups in total. The summed E-state index contributed by atoms with van der Waals surface area (Å²) in [4.78, 5) is 14.3. The summed E-state index contributed by atoms with van der Waals surface area (Å²) in [6.07, 6.45) is 0. The number of nitrogens with zero attached hydrogens (tertiary/aromatic N) is 2. The van der Waals surface area contributed by atoms with E-state index in [4.69, 9.17) is 4.52 Å². The van der Waals surface area contributed by atoms with Gasteiger partial charge in [-0.1, -0.05) is 11.2 Å². The zero-order chi connectivity index (χ0) is 18.6. The molecule has 5 nitrogen and oxygen atoms in total. The van der Waals surface area contributed by atoms with E-state index in [0.29, 0.717) is 11.4 Å². The molecule has 0 fully saturated rings. The van der Waals surface area contributed by atoms with Crippen LogP contribution in [0.1, 0.15) is 49.3 Å². The van der Waals surface area contributed by atoms with E-state index >= 15 is 0 Å². The standard InChI is InChI=1S/C19H26FN3O2/c1-6-23(7-2)17-9-8-15(10-16(17)20)11-21-19(24)12(3)18-13(4)22-25-14(18)5/h8-10,12H,6-7,11H2,1-5H3,(H,21,24)/t12-/m0/s1. The molecule has 0 spiro atoms. The summed E-state index contributed by atoms with van der Waals surface area (Å²) in [5, 5.41) is 6.74. The maximum atomic E-state index is 14.3.